The summed E-state index contributed by atoms with van der Waals surface area (Å²) in [5.41, 5.74) is 4.95. The average molecular weight is 518 g/mol. The first-order valence-corrected chi connectivity index (χ1v) is 13.3. The minimum atomic E-state index is -4.84. The standard InChI is InChI=1S/C27H26F3NO4S/c28-27(29,30)35-21-11-13-22(14-12-21)36(32,33)31-20-15-16-34-25(17-20)26-23-7-3-1-5-18(23)9-10-19-6-2-4-8-24(19)26/h1-8,11-14,20,25-26,31H,9-10,15-17H2/t20-,25+/m0/s1. The predicted molar refractivity (Wildman–Crippen MR) is 128 cm³/mol. The summed E-state index contributed by atoms with van der Waals surface area (Å²) in [6, 6.07) is 20.5. The summed E-state index contributed by atoms with van der Waals surface area (Å²) < 4.78 is 76.1. The molecule has 5 rings (SSSR count). The molecule has 1 fully saturated rings. The van der Waals surface area contributed by atoms with Crippen LogP contribution < -0.4 is 9.46 Å². The normalized spacial score (nSPS) is 20.8. The topological polar surface area (TPSA) is 64.6 Å². The second-order valence-electron chi connectivity index (χ2n) is 9.15. The zero-order valence-corrected chi connectivity index (χ0v) is 20.2. The molecule has 0 amide bonds. The van der Waals surface area contributed by atoms with Crippen molar-refractivity contribution in [3.63, 3.8) is 0 Å². The summed E-state index contributed by atoms with van der Waals surface area (Å²) >= 11 is 0. The Balaban J connectivity index is 1.37. The van der Waals surface area contributed by atoms with E-state index in [-0.39, 0.29) is 23.0 Å². The van der Waals surface area contributed by atoms with Crippen LogP contribution in [0.2, 0.25) is 0 Å². The van der Waals surface area contributed by atoms with Gasteiger partial charge in [0.2, 0.25) is 10.0 Å². The van der Waals surface area contributed by atoms with Crippen LogP contribution in [0.25, 0.3) is 0 Å². The largest absolute Gasteiger partial charge is 0.573 e. The number of hydrogen-bond acceptors (Lipinski definition) is 4. The maximum atomic E-state index is 13.0. The number of ether oxygens (including phenoxy) is 2. The van der Waals surface area contributed by atoms with Crippen LogP contribution in [-0.2, 0) is 27.6 Å². The van der Waals surface area contributed by atoms with Gasteiger partial charge in [0.25, 0.3) is 0 Å². The van der Waals surface area contributed by atoms with Crippen LogP contribution >= 0.6 is 0 Å². The molecule has 0 unspecified atom stereocenters. The van der Waals surface area contributed by atoms with Gasteiger partial charge in [0, 0.05) is 18.6 Å². The molecule has 0 spiro atoms. The first-order chi connectivity index (χ1) is 17.2. The zero-order chi connectivity index (χ0) is 25.3. The molecule has 5 nitrogen and oxygen atoms in total. The fraction of sp³-hybridized carbons (Fsp3) is 0.333. The maximum absolute atomic E-state index is 13.0. The molecule has 0 bridgehead atoms. The fourth-order valence-electron chi connectivity index (χ4n) is 5.24. The Morgan fingerprint density at radius 3 is 2.03 bits per heavy atom. The Morgan fingerprint density at radius 2 is 1.44 bits per heavy atom. The Labute approximate surface area is 208 Å². The molecule has 0 radical (unpaired) electrons. The number of benzene rings is 3. The van der Waals surface area contributed by atoms with Crippen LogP contribution in [0.1, 0.15) is 41.0 Å². The van der Waals surface area contributed by atoms with E-state index in [2.05, 4.69) is 33.7 Å². The molecule has 2 aliphatic rings. The third kappa shape index (κ3) is 5.43. The maximum Gasteiger partial charge on any atom is 0.573 e. The van der Waals surface area contributed by atoms with Gasteiger partial charge < -0.3 is 9.47 Å². The van der Waals surface area contributed by atoms with Gasteiger partial charge in [-0.2, -0.15) is 0 Å². The van der Waals surface area contributed by atoms with Crippen molar-refractivity contribution in [3.8, 4) is 5.75 Å². The molecule has 3 aromatic rings. The van der Waals surface area contributed by atoms with Crippen LogP contribution in [0.15, 0.2) is 77.7 Å². The van der Waals surface area contributed by atoms with E-state index in [1.807, 2.05) is 24.3 Å². The van der Waals surface area contributed by atoms with Crippen LogP contribution in [0, 0.1) is 0 Å². The second-order valence-corrected chi connectivity index (χ2v) is 10.9. The Hall–Kier alpha value is -2.88. The summed E-state index contributed by atoms with van der Waals surface area (Å²) in [6.07, 6.45) is -2.23. The van der Waals surface area contributed by atoms with Crippen molar-refractivity contribution in [3.05, 3.63) is 95.1 Å². The van der Waals surface area contributed by atoms with Crippen molar-refractivity contribution < 1.29 is 31.1 Å². The van der Waals surface area contributed by atoms with Gasteiger partial charge in [-0.3, -0.25) is 0 Å². The molecule has 0 aromatic heterocycles. The first kappa shape index (κ1) is 24.8. The van der Waals surface area contributed by atoms with Gasteiger partial charge in [0.1, 0.15) is 5.75 Å². The van der Waals surface area contributed by atoms with E-state index < -0.39 is 22.1 Å². The van der Waals surface area contributed by atoms with Gasteiger partial charge in [-0.1, -0.05) is 48.5 Å². The van der Waals surface area contributed by atoms with E-state index in [0.717, 1.165) is 37.1 Å². The number of halogens is 3. The van der Waals surface area contributed by atoms with Crippen molar-refractivity contribution in [2.75, 3.05) is 6.61 Å². The molecule has 0 saturated carbocycles. The lowest BCUT2D eigenvalue weighted by atomic mass is 9.80. The first-order valence-electron chi connectivity index (χ1n) is 11.8. The van der Waals surface area contributed by atoms with E-state index in [1.165, 1.54) is 22.3 Å². The average Bonchev–Trinajstić information content (AvgIpc) is 3.00. The smallest absolute Gasteiger partial charge is 0.406 e. The molecule has 9 heteroatoms. The van der Waals surface area contributed by atoms with Crippen molar-refractivity contribution >= 4 is 10.0 Å². The molecule has 1 aliphatic heterocycles. The Bertz CT molecular complexity index is 1280. The molecular weight excluding hydrogens is 491 g/mol. The van der Waals surface area contributed by atoms with E-state index in [9.17, 15) is 21.6 Å². The highest BCUT2D eigenvalue weighted by Gasteiger charge is 2.36. The van der Waals surface area contributed by atoms with Gasteiger partial charge >= 0.3 is 6.36 Å². The highest BCUT2D eigenvalue weighted by molar-refractivity contribution is 7.89. The summed E-state index contributed by atoms with van der Waals surface area (Å²) in [5.74, 6) is -0.496. The molecule has 1 N–H and O–H groups in total. The van der Waals surface area contributed by atoms with Gasteiger partial charge in [-0.15, -0.1) is 13.2 Å². The number of rotatable bonds is 5. The SMILES string of the molecule is O=S(=O)(N[C@H]1CCO[C@@H](C2c3ccccc3CCc3ccccc32)C1)c1ccc(OC(F)(F)F)cc1. The van der Waals surface area contributed by atoms with Crippen molar-refractivity contribution in [2.45, 2.75) is 55.0 Å². The molecule has 1 saturated heterocycles. The number of hydrogen-bond donors (Lipinski definition) is 1. The summed E-state index contributed by atoms with van der Waals surface area (Å²) in [5, 5.41) is 0. The lowest BCUT2D eigenvalue weighted by Gasteiger charge is -2.36. The fourth-order valence-corrected chi connectivity index (χ4v) is 6.53. The predicted octanol–water partition coefficient (Wildman–Crippen LogP) is 5.34. The third-order valence-electron chi connectivity index (χ3n) is 6.82. The van der Waals surface area contributed by atoms with Gasteiger partial charge in [0.05, 0.1) is 11.0 Å². The van der Waals surface area contributed by atoms with E-state index in [0.29, 0.717) is 19.4 Å². The molecular formula is C27H26F3NO4S. The Morgan fingerprint density at radius 1 is 0.861 bits per heavy atom. The van der Waals surface area contributed by atoms with Crippen molar-refractivity contribution in [2.24, 2.45) is 0 Å². The summed E-state index contributed by atoms with van der Waals surface area (Å²) in [6.45, 7) is 0.400. The zero-order valence-electron chi connectivity index (χ0n) is 19.4. The molecule has 3 aromatic carbocycles. The number of nitrogens with one attached hydrogen (secondary N) is 1. The minimum absolute atomic E-state index is 0.0222. The van der Waals surface area contributed by atoms with Crippen molar-refractivity contribution in [1.29, 1.82) is 0 Å². The third-order valence-corrected chi connectivity index (χ3v) is 8.36. The lowest BCUT2D eigenvalue weighted by molar-refractivity contribution is -0.274. The quantitative estimate of drug-likeness (QED) is 0.496. The van der Waals surface area contributed by atoms with E-state index in [4.69, 9.17) is 4.74 Å². The molecule has 190 valence electrons. The lowest BCUT2D eigenvalue weighted by Crippen LogP contribution is -2.44. The van der Waals surface area contributed by atoms with Gasteiger partial charge in [-0.25, -0.2) is 13.1 Å². The number of sulfonamides is 1. The summed E-state index contributed by atoms with van der Waals surface area (Å²) in [4.78, 5) is -0.120. The van der Waals surface area contributed by atoms with Crippen LogP contribution in [-0.4, -0.2) is 33.5 Å². The second kappa shape index (κ2) is 9.88. The minimum Gasteiger partial charge on any atom is -0.406 e. The van der Waals surface area contributed by atoms with Gasteiger partial charge in [-0.05, 0) is 72.2 Å². The highest BCUT2D eigenvalue weighted by Crippen LogP contribution is 2.40. The number of alkyl halides is 3. The van der Waals surface area contributed by atoms with Gasteiger partial charge in [0.15, 0.2) is 0 Å². The number of fused-ring (bicyclic) bond motifs is 2. The number of aryl methyl sites for hydroxylation is 2. The molecule has 1 aliphatic carbocycles. The monoisotopic (exact) mass is 517 g/mol. The molecule has 1 heterocycles. The summed E-state index contributed by atoms with van der Waals surface area (Å²) in [7, 11) is -3.95. The van der Waals surface area contributed by atoms with E-state index >= 15 is 0 Å². The van der Waals surface area contributed by atoms with Crippen LogP contribution in [0.5, 0.6) is 5.75 Å². The highest BCUT2D eigenvalue weighted by atomic mass is 32.2. The Kier molecular flexibility index (Phi) is 6.80. The van der Waals surface area contributed by atoms with Crippen molar-refractivity contribution in [1.82, 2.24) is 4.72 Å². The molecule has 36 heavy (non-hydrogen) atoms. The van der Waals surface area contributed by atoms with E-state index in [1.54, 1.807) is 0 Å². The van der Waals surface area contributed by atoms with Crippen LogP contribution in [0.4, 0.5) is 13.2 Å². The molecule has 2 atom stereocenters. The van der Waals surface area contributed by atoms with Crippen LogP contribution in [0.3, 0.4) is 0 Å².